The van der Waals surface area contributed by atoms with Gasteiger partial charge in [0.1, 0.15) is 0 Å². The van der Waals surface area contributed by atoms with Crippen LogP contribution in [0.5, 0.6) is 0 Å². The minimum Gasteiger partial charge on any atom is -0.349 e. The van der Waals surface area contributed by atoms with Crippen LogP contribution in [-0.4, -0.2) is 31.2 Å². The zero-order chi connectivity index (χ0) is 19.7. The summed E-state index contributed by atoms with van der Waals surface area (Å²) in [5.41, 5.74) is 2.95. The number of benzene rings is 2. The molecule has 0 saturated carbocycles. The lowest BCUT2D eigenvalue weighted by atomic mass is 10.0. The van der Waals surface area contributed by atoms with Gasteiger partial charge in [0, 0.05) is 11.4 Å². The van der Waals surface area contributed by atoms with Crippen molar-refractivity contribution in [2.45, 2.75) is 32.0 Å². The number of hydrogen-bond donors (Lipinski definition) is 1. The van der Waals surface area contributed by atoms with Crippen LogP contribution in [0, 0.1) is 13.8 Å². The fourth-order valence-corrected chi connectivity index (χ4v) is 3.81. The van der Waals surface area contributed by atoms with Crippen molar-refractivity contribution in [2.24, 2.45) is 0 Å². The van der Waals surface area contributed by atoms with Gasteiger partial charge in [0.25, 0.3) is 5.78 Å². The SMILES string of the molecule is Cc1cc(C)n2nc(SCC(=O)NC(C)c3ccc4ccccc4c3)nc2n1. The standard InChI is InChI=1S/C21H21N5OS/c1-13-10-14(2)26-20(22-13)24-21(25-26)28-12-19(27)23-15(3)17-9-8-16-6-4-5-7-18(16)11-17/h4-11,15H,12H2,1-3H3,(H,23,27). The molecule has 1 amide bonds. The number of thioether (sulfide) groups is 1. The van der Waals surface area contributed by atoms with E-state index in [9.17, 15) is 4.79 Å². The highest BCUT2D eigenvalue weighted by atomic mass is 32.2. The van der Waals surface area contributed by atoms with Crippen molar-refractivity contribution in [1.82, 2.24) is 24.9 Å². The largest absolute Gasteiger partial charge is 0.349 e. The van der Waals surface area contributed by atoms with Crippen LogP contribution in [0.15, 0.2) is 53.7 Å². The summed E-state index contributed by atoms with van der Waals surface area (Å²) in [6, 6.07) is 16.3. The number of fused-ring (bicyclic) bond motifs is 2. The van der Waals surface area contributed by atoms with Crippen molar-refractivity contribution in [3.8, 4) is 0 Å². The molecule has 0 bridgehead atoms. The molecule has 142 valence electrons. The zero-order valence-electron chi connectivity index (χ0n) is 16.0. The molecule has 6 nitrogen and oxygen atoms in total. The van der Waals surface area contributed by atoms with Crippen LogP contribution in [-0.2, 0) is 4.79 Å². The Hall–Kier alpha value is -2.93. The molecule has 7 heteroatoms. The summed E-state index contributed by atoms with van der Waals surface area (Å²) in [5, 5.41) is 10.4. The van der Waals surface area contributed by atoms with Gasteiger partial charge < -0.3 is 5.32 Å². The van der Waals surface area contributed by atoms with Crippen LogP contribution in [0.25, 0.3) is 16.6 Å². The monoisotopic (exact) mass is 391 g/mol. The average molecular weight is 392 g/mol. The second kappa shape index (κ2) is 7.59. The van der Waals surface area contributed by atoms with Gasteiger partial charge in [-0.3, -0.25) is 4.79 Å². The lowest BCUT2D eigenvalue weighted by Crippen LogP contribution is -2.28. The predicted octanol–water partition coefficient (Wildman–Crippen LogP) is 3.86. The normalized spacial score (nSPS) is 12.4. The molecule has 0 aliphatic rings. The molecule has 28 heavy (non-hydrogen) atoms. The van der Waals surface area contributed by atoms with Crippen molar-refractivity contribution in [3.63, 3.8) is 0 Å². The quantitative estimate of drug-likeness (QED) is 0.523. The van der Waals surface area contributed by atoms with Crippen LogP contribution < -0.4 is 5.32 Å². The number of aromatic nitrogens is 4. The van der Waals surface area contributed by atoms with E-state index in [-0.39, 0.29) is 17.7 Å². The van der Waals surface area contributed by atoms with Crippen molar-refractivity contribution in [2.75, 3.05) is 5.75 Å². The maximum atomic E-state index is 12.4. The number of amides is 1. The van der Waals surface area contributed by atoms with E-state index in [2.05, 4.69) is 50.7 Å². The van der Waals surface area contributed by atoms with Crippen LogP contribution in [0.2, 0.25) is 0 Å². The molecule has 2 aromatic heterocycles. The fraction of sp³-hybridized carbons (Fsp3) is 0.238. The Morgan fingerprint density at radius 1 is 1.11 bits per heavy atom. The molecule has 0 spiro atoms. The minimum atomic E-state index is -0.0710. The summed E-state index contributed by atoms with van der Waals surface area (Å²) in [5.74, 6) is 0.766. The smallest absolute Gasteiger partial charge is 0.253 e. The molecule has 4 aromatic rings. The van der Waals surface area contributed by atoms with Gasteiger partial charge in [-0.2, -0.15) is 4.98 Å². The molecule has 1 unspecified atom stereocenters. The first kappa shape index (κ1) is 18.4. The molecule has 0 fully saturated rings. The van der Waals surface area contributed by atoms with Crippen LogP contribution in [0.4, 0.5) is 0 Å². The molecule has 4 rings (SSSR count). The molecule has 1 atom stereocenters. The van der Waals surface area contributed by atoms with E-state index < -0.39 is 0 Å². The zero-order valence-corrected chi connectivity index (χ0v) is 16.8. The first-order valence-corrected chi connectivity index (χ1v) is 10.1. The lowest BCUT2D eigenvalue weighted by molar-refractivity contribution is -0.119. The van der Waals surface area contributed by atoms with Crippen LogP contribution >= 0.6 is 11.8 Å². The second-order valence-corrected chi connectivity index (χ2v) is 7.77. The van der Waals surface area contributed by atoms with Gasteiger partial charge in [-0.15, -0.1) is 5.10 Å². The summed E-state index contributed by atoms with van der Waals surface area (Å²) in [6.07, 6.45) is 0. The summed E-state index contributed by atoms with van der Waals surface area (Å²) >= 11 is 1.31. The van der Waals surface area contributed by atoms with E-state index in [1.54, 1.807) is 4.52 Å². The number of carbonyl (C=O) groups is 1. The number of hydrogen-bond acceptors (Lipinski definition) is 5. The van der Waals surface area contributed by atoms with Crippen molar-refractivity contribution < 1.29 is 4.79 Å². The number of nitrogens with one attached hydrogen (secondary N) is 1. The Labute approximate surface area is 167 Å². The highest BCUT2D eigenvalue weighted by Gasteiger charge is 2.13. The van der Waals surface area contributed by atoms with Gasteiger partial charge in [0.05, 0.1) is 11.8 Å². The van der Waals surface area contributed by atoms with Gasteiger partial charge in [0.2, 0.25) is 11.1 Å². The van der Waals surface area contributed by atoms with Crippen molar-refractivity contribution >= 4 is 34.2 Å². The molecule has 2 heterocycles. The molecular weight excluding hydrogens is 370 g/mol. The van der Waals surface area contributed by atoms with Gasteiger partial charge in [-0.25, -0.2) is 9.50 Å². The van der Waals surface area contributed by atoms with E-state index >= 15 is 0 Å². The molecule has 0 aliphatic heterocycles. The maximum absolute atomic E-state index is 12.4. The topological polar surface area (TPSA) is 72.2 Å². The third-order valence-electron chi connectivity index (χ3n) is 4.58. The molecule has 0 aliphatic carbocycles. The summed E-state index contributed by atoms with van der Waals surface area (Å²) in [7, 11) is 0. The van der Waals surface area contributed by atoms with E-state index in [0.717, 1.165) is 17.0 Å². The third kappa shape index (κ3) is 3.84. The Morgan fingerprint density at radius 3 is 2.71 bits per heavy atom. The molecule has 1 N–H and O–H groups in total. The predicted molar refractivity (Wildman–Crippen MR) is 111 cm³/mol. The first-order valence-electron chi connectivity index (χ1n) is 9.11. The van der Waals surface area contributed by atoms with E-state index in [4.69, 9.17) is 0 Å². The number of nitrogens with zero attached hydrogens (tertiary/aromatic N) is 4. The van der Waals surface area contributed by atoms with Crippen molar-refractivity contribution in [3.05, 3.63) is 65.5 Å². The number of rotatable bonds is 5. The number of carbonyl (C=O) groups excluding carboxylic acids is 1. The Kier molecular flexibility index (Phi) is 5.00. The number of aryl methyl sites for hydroxylation is 2. The van der Waals surface area contributed by atoms with Gasteiger partial charge in [-0.05, 0) is 49.2 Å². The average Bonchev–Trinajstić information content (AvgIpc) is 3.09. The first-order chi connectivity index (χ1) is 13.5. The summed E-state index contributed by atoms with van der Waals surface area (Å²) < 4.78 is 1.70. The Bertz CT molecular complexity index is 1170. The Balaban J connectivity index is 1.40. The summed E-state index contributed by atoms with van der Waals surface area (Å²) in [6.45, 7) is 5.88. The van der Waals surface area contributed by atoms with Gasteiger partial charge in [-0.1, -0.05) is 48.2 Å². The van der Waals surface area contributed by atoms with Crippen LogP contribution in [0.3, 0.4) is 0 Å². The fourth-order valence-electron chi connectivity index (χ4n) is 3.18. The van der Waals surface area contributed by atoms with E-state index in [1.807, 2.05) is 39.0 Å². The minimum absolute atomic E-state index is 0.0506. The van der Waals surface area contributed by atoms with Gasteiger partial charge in [0.15, 0.2) is 0 Å². The second-order valence-electron chi connectivity index (χ2n) is 6.83. The molecular formula is C21H21N5OS. The maximum Gasteiger partial charge on any atom is 0.253 e. The highest BCUT2D eigenvalue weighted by molar-refractivity contribution is 7.99. The molecule has 0 radical (unpaired) electrons. The van der Waals surface area contributed by atoms with Gasteiger partial charge >= 0.3 is 0 Å². The van der Waals surface area contributed by atoms with Crippen molar-refractivity contribution in [1.29, 1.82) is 0 Å². The third-order valence-corrected chi connectivity index (χ3v) is 5.42. The lowest BCUT2D eigenvalue weighted by Gasteiger charge is -2.14. The van der Waals surface area contributed by atoms with E-state index in [0.29, 0.717) is 10.9 Å². The Morgan fingerprint density at radius 2 is 1.89 bits per heavy atom. The molecule has 0 saturated heterocycles. The van der Waals surface area contributed by atoms with Crippen LogP contribution in [0.1, 0.15) is 29.9 Å². The summed E-state index contributed by atoms with van der Waals surface area (Å²) in [4.78, 5) is 21.2. The molecule has 2 aromatic carbocycles. The van der Waals surface area contributed by atoms with E-state index in [1.165, 1.54) is 22.5 Å². The highest BCUT2D eigenvalue weighted by Crippen LogP contribution is 2.21.